The minimum absolute atomic E-state index is 0.590. The minimum atomic E-state index is 0.590. The van der Waals surface area contributed by atoms with Gasteiger partial charge in [0, 0.05) is 6.04 Å². The third-order valence-corrected chi connectivity index (χ3v) is 4.41. The van der Waals surface area contributed by atoms with E-state index in [0.29, 0.717) is 6.04 Å². The zero-order valence-corrected chi connectivity index (χ0v) is 10.7. The molecule has 0 saturated heterocycles. The van der Waals surface area contributed by atoms with Crippen molar-refractivity contribution >= 4 is 33.9 Å². The molecule has 1 aromatic heterocycles. The van der Waals surface area contributed by atoms with E-state index in [1.54, 1.807) is 0 Å². The third-order valence-electron chi connectivity index (χ3n) is 2.60. The molecule has 13 heavy (non-hydrogen) atoms. The zero-order valence-electron chi connectivity index (χ0n) is 7.72. The van der Waals surface area contributed by atoms with Crippen molar-refractivity contribution in [3.05, 3.63) is 19.9 Å². The van der Waals surface area contributed by atoms with Crippen molar-refractivity contribution in [2.45, 2.75) is 25.3 Å². The Balaban J connectivity index is 2.01. The first kappa shape index (κ1) is 9.93. The van der Waals surface area contributed by atoms with Crippen molar-refractivity contribution in [2.24, 2.45) is 5.92 Å². The van der Waals surface area contributed by atoms with Crippen molar-refractivity contribution in [1.29, 1.82) is 0 Å². The van der Waals surface area contributed by atoms with Crippen molar-refractivity contribution in [3.8, 4) is 0 Å². The average molecular weight is 307 g/mol. The van der Waals surface area contributed by atoms with Gasteiger partial charge in [-0.25, -0.2) is 0 Å². The van der Waals surface area contributed by atoms with E-state index >= 15 is 0 Å². The average Bonchev–Trinajstić information content (AvgIpc) is 2.84. The molecule has 0 aliphatic heterocycles. The van der Waals surface area contributed by atoms with Crippen LogP contribution in [0.1, 0.15) is 30.9 Å². The lowest BCUT2D eigenvalue weighted by Gasteiger charge is -2.13. The predicted molar refractivity (Wildman–Crippen MR) is 66.2 cm³/mol. The Bertz CT molecular complexity index is 280. The molecular weight excluding hydrogens is 293 g/mol. The van der Waals surface area contributed by atoms with Gasteiger partial charge >= 0.3 is 0 Å². The number of hydrogen-bond acceptors (Lipinski definition) is 2. The van der Waals surface area contributed by atoms with Gasteiger partial charge in [-0.2, -0.15) is 0 Å². The van der Waals surface area contributed by atoms with Gasteiger partial charge in [-0.1, -0.05) is 12.8 Å². The van der Waals surface area contributed by atoms with Crippen LogP contribution in [0.2, 0.25) is 0 Å². The number of nitrogens with one attached hydrogen (secondary N) is 1. The Hall–Kier alpha value is 0.390. The van der Waals surface area contributed by atoms with E-state index in [1.807, 2.05) is 11.3 Å². The van der Waals surface area contributed by atoms with Crippen LogP contribution in [0.5, 0.6) is 0 Å². The maximum atomic E-state index is 3.41. The highest BCUT2D eigenvalue weighted by atomic mass is 127. The Labute approximate surface area is 97.1 Å². The molecule has 1 saturated carbocycles. The molecule has 1 unspecified atom stereocenters. The van der Waals surface area contributed by atoms with Crippen molar-refractivity contribution < 1.29 is 0 Å². The second kappa shape index (κ2) is 4.28. The summed E-state index contributed by atoms with van der Waals surface area (Å²) in [6.07, 6.45) is 4.21. The molecule has 1 aromatic rings. The summed E-state index contributed by atoms with van der Waals surface area (Å²) in [4.78, 5) is 0. The fourth-order valence-corrected chi connectivity index (χ4v) is 3.04. The summed E-state index contributed by atoms with van der Waals surface area (Å²) in [7, 11) is 2.07. The lowest BCUT2D eigenvalue weighted by Crippen LogP contribution is -2.16. The summed E-state index contributed by atoms with van der Waals surface area (Å²) in [6.45, 7) is 0. The molecule has 0 aromatic carbocycles. The molecule has 0 bridgehead atoms. The molecule has 1 fully saturated rings. The Morgan fingerprint density at radius 1 is 1.69 bits per heavy atom. The summed E-state index contributed by atoms with van der Waals surface area (Å²) in [5.41, 5.74) is 1.48. The van der Waals surface area contributed by atoms with Crippen LogP contribution in [-0.2, 0) is 0 Å². The van der Waals surface area contributed by atoms with Crippen LogP contribution < -0.4 is 5.32 Å². The molecule has 0 spiro atoms. The maximum Gasteiger partial charge on any atom is 0.0656 e. The van der Waals surface area contributed by atoms with Gasteiger partial charge in [0.1, 0.15) is 0 Å². The van der Waals surface area contributed by atoms with Crippen LogP contribution in [0.4, 0.5) is 0 Å². The molecule has 1 nitrogen and oxygen atoms in total. The first-order chi connectivity index (χ1) is 6.29. The van der Waals surface area contributed by atoms with Gasteiger partial charge in [-0.15, -0.1) is 11.3 Å². The number of rotatable bonds is 4. The lowest BCUT2D eigenvalue weighted by molar-refractivity contribution is 0.516. The van der Waals surface area contributed by atoms with E-state index in [0.717, 1.165) is 5.92 Å². The molecule has 1 aliphatic carbocycles. The first-order valence-corrected chi connectivity index (χ1v) is 6.66. The number of hydrogen-bond donors (Lipinski definition) is 1. The standard InChI is InChI=1S/C10H14INS/c1-12-9(4-7-2-3-7)8-5-10(11)13-6-8/h5-7,9,12H,2-4H2,1H3. The van der Waals surface area contributed by atoms with E-state index in [4.69, 9.17) is 0 Å². The van der Waals surface area contributed by atoms with E-state index in [2.05, 4.69) is 46.4 Å². The van der Waals surface area contributed by atoms with E-state index in [1.165, 1.54) is 27.7 Å². The molecule has 1 N–H and O–H groups in total. The van der Waals surface area contributed by atoms with Gasteiger partial charge in [-0.3, -0.25) is 0 Å². The highest BCUT2D eigenvalue weighted by molar-refractivity contribution is 14.1. The van der Waals surface area contributed by atoms with Gasteiger partial charge in [0.15, 0.2) is 0 Å². The molecule has 1 atom stereocenters. The second-order valence-corrected chi connectivity index (χ2v) is 6.51. The largest absolute Gasteiger partial charge is 0.313 e. The first-order valence-electron chi connectivity index (χ1n) is 4.71. The van der Waals surface area contributed by atoms with Gasteiger partial charge in [0.2, 0.25) is 0 Å². The third kappa shape index (κ3) is 2.67. The number of thiophene rings is 1. The summed E-state index contributed by atoms with van der Waals surface area (Å²) < 4.78 is 1.39. The summed E-state index contributed by atoms with van der Waals surface area (Å²) in [5.74, 6) is 0.995. The van der Waals surface area contributed by atoms with Crippen molar-refractivity contribution in [3.63, 3.8) is 0 Å². The lowest BCUT2D eigenvalue weighted by atomic mass is 10.1. The SMILES string of the molecule is CNC(CC1CC1)c1csc(I)c1. The molecule has 1 aliphatic rings. The molecule has 0 radical (unpaired) electrons. The molecular formula is C10H14INS. The zero-order chi connectivity index (χ0) is 9.26. The van der Waals surface area contributed by atoms with E-state index < -0.39 is 0 Å². The highest BCUT2D eigenvalue weighted by Gasteiger charge is 2.25. The predicted octanol–water partition coefficient (Wildman–Crippen LogP) is 3.41. The quantitative estimate of drug-likeness (QED) is 0.841. The fraction of sp³-hybridized carbons (Fsp3) is 0.600. The van der Waals surface area contributed by atoms with Crippen molar-refractivity contribution in [1.82, 2.24) is 5.32 Å². The topological polar surface area (TPSA) is 12.0 Å². The van der Waals surface area contributed by atoms with Crippen LogP contribution >= 0.6 is 33.9 Å². The Morgan fingerprint density at radius 3 is 2.92 bits per heavy atom. The second-order valence-electron chi connectivity index (χ2n) is 3.70. The van der Waals surface area contributed by atoms with Gasteiger partial charge in [-0.05, 0) is 59.0 Å². The number of halogens is 1. The minimum Gasteiger partial charge on any atom is -0.313 e. The summed E-state index contributed by atoms with van der Waals surface area (Å²) in [6, 6.07) is 2.89. The Kier molecular flexibility index (Phi) is 3.26. The Morgan fingerprint density at radius 2 is 2.46 bits per heavy atom. The summed E-state index contributed by atoms with van der Waals surface area (Å²) >= 11 is 4.23. The van der Waals surface area contributed by atoms with E-state index in [-0.39, 0.29) is 0 Å². The smallest absolute Gasteiger partial charge is 0.0656 e. The van der Waals surface area contributed by atoms with Gasteiger partial charge in [0.05, 0.1) is 2.88 Å². The normalized spacial score (nSPS) is 18.9. The van der Waals surface area contributed by atoms with Crippen LogP contribution in [0.3, 0.4) is 0 Å². The monoisotopic (exact) mass is 307 g/mol. The maximum absolute atomic E-state index is 3.41. The van der Waals surface area contributed by atoms with E-state index in [9.17, 15) is 0 Å². The van der Waals surface area contributed by atoms with Gasteiger partial charge in [0.25, 0.3) is 0 Å². The molecule has 2 rings (SSSR count). The summed E-state index contributed by atoms with van der Waals surface area (Å²) in [5, 5.41) is 5.69. The van der Waals surface area contributed by atoms with Gasteiger partial charge < -0.3 is 5.32 Å². The van der Waals surface area contributed by atoms with Crippen LogP contribution in [0, 0.1) is 8.80 Å². The van der Waals surface area contributed by atoms with Crippen LogP contribution in [0.15, 0.2) is 11.4 Å². The van der Waals surface area contributed by atoms with Crippen LogP contribution in [-0.4, -0.2) is 7.05 Å². The molecule has 72 valence electrons. The van der Waals surface area contributed by atoms with Crippen LogP contribution in [0.25, 0.3) is 0 Å². The molecule has 3 heteroatoms. The highest BCUT2D eigenvalue weighted by Crippen LogP contribution is 2.38. The molecule has 1 heterocycles. The fourth-order valence-electron chi connectivity index (χ4n) is 1.61. The van der Waals surface area contributed by atoms with Crippen molar-refractivity contribution in [2.75, 3.05) is 7.05 Å². The molecule has 0 amide bonds.